The molecule has 0 aliphatic rings. The molecule has 3 rings (SSSR count). The van der Waals surface area contributed by atoms with Crippen LogP contribution in [0.5, 0.6) is 0 Å². The van der Waals surface area contributed by atoms with Crippen molar-refractivity contribution in [2.45, 2.75) is 40.4 Å². The number of nitrogens with zero attached hydrogens (tertiary/aromatic N) is 6. The van der Waals surface area contributed by atoms with Crippen LogP contribution in [0.15, 0.2) is 47.4 Å². The van der Waals surface area contributed by atoms with Crippen LogP contribution in [0, 0.1) is 20.8 Å². The zero-order chi connectivity index (χ0) is 44.7. The summed E-state index contributed by atoms with van der Waals surface area (Å²) in [6.45, 7) is 0.594. The lowest BCUT2D eigenvalue weighted by Crippen LogP contribution is -2.49. The van der Waals surface area contributed by atoms with Crippen LogP contribution in [0.3, 0.4) is 0 Å². The van der Waals surface area contributed by atoms with Crippen molar-refractivity contribution in [1.29, 1.82) is 0 Å². The van der Waals surface area contributed by atoms with E-state index in [0.717, 1.165) is 23.5 Å². The van der Waals surface area contributed by atoms with E-state index in [2.05, 4.69) is 36.2 Å². The van der Waals surface area contributed by atoms with Crippen LogP contribution in [-0.4, -0.2) is 152 Å². The van der Waals surface area contributed by atoms with Crippen molar-refractivity contribution in [3.8, 4) is 0 Å². The molecule has 0 radical (unpaired) electrons. The van der Waals surface area contributed by atoms with Crippen molar-refractivity contribution in [3.63, 3.8) is 0 Å². The SMILES string of the molecule is CNCCN(CC(=O)NCCN(CC(=O)NCCN(CC(=O)NC)C(=O)Cn1cc(C)c(=O)[nH]c1=O)C(=O)Cn1cc(C)c(=O)[nH]c1=O)C(=O)Cn1cc(C)c(=O)[nH]c1=O. The van der Waals surface area contributed by atoms with Crippen LogP contribution in [0.1, 0.15) is 16.7 Å². The first-order chi connectivity index (χ1) is 28.3. The molecule has 60 heavy (non-hydrogen) atoms. The fraction of sp³-hybridized carbons (Fsp3) is 0.486. The van der Waals surface area contributed by atoms with Crippen LogP contribution in [-0.2, 0) is 48.4 Å². The number of aromatic nitrogens is 6. The van der Waals surface area contributed by atoms with Crippen molar-refractivity contribution in [2.24, 2.45) is 0 Å². The molecular weight excluding hydrogens is 794 g/mol. The van der Waals surface area contributed by atoms with Crippen molar-refractivity contribution >= 4 is 35.4 Å². The summed E-state index contributed by atoms with van der Waals surface area (Å²) in [6, 6.07) is 0. The third-order valence-electron chi connectivity index (χ3n) is 8.86. The molecule has 3 aromatic heterocycles. The van der Waals surface area contributed by atoms with E-state index >= 15 is 0 Å². The molecule has 0 atom stereocenters. The second-order valence-electron chi connectivity index (χ2n) is 13.5. The van der Waals surface area contributed by atoms with Gasteiger partial charge in [0.05, 0.1) is 19.6 Å². The van der Waals surface area contributed by atoms with Gasteiger partial charge in [-0.25, -0.2) is 14.4 Å². The topological polar surface area (TPSA) is 325 Å². The zero-order valence-electron chi connectivity index (χ0n) is 33.8. The summed E-state index contributed by atoms with van der Waals surface area (Å²) >= 11 is 0. The Morgan fingerprint density at radius 3 is 1.10 bits per heavy atom. The highest BCUT2D eigenvalue weighted by molar-refractivity contribution is 5.86. The second kappa shape index (κ2) is 22.1. The number of H-pyrrole nitrogens is 3. The predicted octanol–water partition coefficient (Wildman–Crippen LogP) is -6.75. The van der Waals surface area contributed by atoms with Crippen LogP contribution >= 0.6 is 0 Å². The van der Waals surface area contributed by atoms with E-state index < -0.39 is 108 Å². The minimum Gasteiger partial charge on any atom is -0.358 e. The Morgan fingerprint density at radius 1 is 0.500 bits per heavy atom. The molecule has 0 aliphatic carbocycles. The lowest BCUT2D eigenvalue weighted by molar-refractivity contribution is -0.138. The summed E-state index contributed by atoms with van der Waals surface area (Å²) in [6.07, 6.45) is 3.58. The Hall–Kier alpha value is -7.18. The number of nitrogens with one attached hydrogen (secondary N) is 7. The van der Waals surface area contributed by atoms with E-state index in [1.807, 2.05) is 0 Å². The molecule has 0 saturated carbocycles. The van der Waals surface area contributed by atoms with E-state index in [4.69, 9.17) is 0 Å². The van der Waals surface area contributed by atoms with E-state index in [-0.39, 0.29) is 56.0 Å². The first-order valence-corrected chi connectivity index (χ1v) is 18.5. The third-order valence-corrected chi connectivity index (χ3v) is 8.86. The summed E-state index contributed by atoms with van der Waals surface area (Å²) in [7, 11) is 2.98. The molecule has 6 amide bonds. The molecule has 0 saturated heterocycles. The minimum absolute atomic E-state index is 0.0649. The number of aryl methyl sites for hydroxylation is 3. The number of aromatic amines is 3. The monoisotopic (exact) mass is 843 g/mol. The van der Waals surface area contributed by atoms with Crippen molar-refractivity contribution in [3.05, 3.63) is 97.8 Å². The molecule has 7 N–H and O–H groups in total. The summed E-state index contributed by atoms with van der Waals surface area (Å²) < 4.78 is 2.89. The molecule has 0 aromatic carbocycles. The van der Waals surface area contributed by atoms with Gasteiger partial charge in [0.15, 0.2) is 0 Å². The zero-order valence-corrected chi connectivity index (χ0v) is 33.8. The van der Waals surface area contributed by atoms with Gasteiger partial charge >= 0.3 is 17.1 Å². The smallest absolute Gasteiger partial charge is 0.328 e. The highest BCUT2D eigenvalue weighted by Gasteiger charge is 2.23. The van der Waals surface area contributed by atoms with Crippen LogP contribution < -0.4 is 55.0 Å². The summed E-state index contributed by atoms with van der Waals surface area (Å²) in [5, 5.41) is 10.4. The van der Waals surface area contributed by atoms with Gasteiger partial charge in [-0.15, -0.1) is 0 Å². The normalized spacial score (nSPS) is 10.8. The van der Waals surface area contributed by atoms with Crippen molar-refractivity contribution in [1.82, 2.24) is 64.6 Å². The fourth-order valence-electron chi connectivity index (χ4n) is 5.44. The average molecular weight is 844 g/mol. The molecule has 326 valence electrons. The second-order valence-corrected chi connectivity index (χ2v) is 13.5. The lowest BCUT2D eigenvalue weighted by Gasteiger charge is -2.25. The van der Waals surface area contributed by atoms with E-state index in [9.17, 15) is 57.5 Å². The molecule has 0 aliphatic heterocycles. The first kappa shape index (κ1) is 47.2. The summed E-state index contributed by atoms with van der Waals surface area (Å²) in [5.41, 5.74) is -3.93. The number of carbonyl (C=O) groups is 6. The Labute approximate surface area is 339 Å². The standard InChI is InChI=1S/C35H49N13O12/c1-21-12-46(33(58)40-30(21)55)18-27(52)43(9-6-36-4)16-25(50)39-8-11-45(29(54)20-48-14-23(3)32(57)42-35(48)60)17-26(51)38-7-10-44(15-24(49)37-5)28(53)19-47-13-22(2)31(56)41-34(47)59/h12-14,36H,6-11,15-20H2,1-5H3,(H,37,49)(H,38,51)(H,39,50)(H,40,55,58)(H,41,56,59)(H,42,57,60). The Bertz CT molecular complexity index is 2440. The fourth-order valence-corrected chi connectivity index (χ4v) is 5.44. The third kappa shape index (κ3) is 14.0. The maximum absolute atomic E-state index is 13.5. The Kier molecular flexibility index (Phi) is 17.4. The molecule has 0 unspecified atom stereocenters. The van der Waals surface area contributed by atoms with E-state index in [1.165, 1.54) is 51.3 Å². The average Bonchev–Trinajstić information content (AvgIpc) is 3.18. The summed E-state index contributed by atoms with van der Waals surface area (Å²) in [5.74, 6) is -4.02. The highest BCUT2D eigenvalue weighted by Crippen LogP contribution is 1.98. The molecule has 3 aromatic rings. The molecule has 0 spiro atoms. The van der Waals surface area contributed by atoms with Gasteiger partial charge in [-0.05, 0) is 27.8 Å². The molecular formula is C35H49N13O12. The maximum atomic E-state index is 13.5. The number of hydrogen-bond donors (Lipinski definition) is 7. The van der Waals surface area contributed by atoms with Gasteiger partial charge in [0.25, 0.3) is 16.7 Å². The number of carbonyl (C=O) groups excluding carboxylic acids is 6. The van der Waals surface area contributed by atoms with E-state index in [1.54, 1.807) is 7.05 Å². The molecule has 0 fully saturated rings. The van der Waals surface area contributed by atoms with Crippen LogP contribution in [0.25, 0.3) is 0 Å². The van der Waals surface area contributed by atoms with Gasteiger partial charge in [0.2, 0.25) is 35.4 Å². The molecule has 0 bridgehead atoms. The minimum atomic E-state index is -0.887. The Morgan fingerprint density at radius 2 is 0.800 bits per heavy atom. The van der Waals surface area contributed by atoms with E-state index in [0.29, 0.717) is 0 Å². The number of amides is 6. The number of hydrogen-bond acceptors (Lipinski definition) is 13. The van der Waals surface area contributed by atoms with Gasteiger partial charge in [0.1, 0.15) is 19.6 Å². The van der Waals surface area contributed by atoms with Crippen LogP contribution in [0.4, 0.5) is 0 Å². The lowest BCUT2D eigenvalue weighted by atomic mass is 10.3. The van der Waals surface area contributed by atoms with Gasteiger partial charge < -0.3 is 36.0 Å². The molecule has 25 heteroatoms. The van der Waals surface area contributed by atoms with Gasteiger partial charge in [-0.3, -0.25) is 71.8 Å². The summed E-state index contributed by atoms with van der Waals surface area (Å²) in [4.78, 5) is 160. The highest BCUT2D eigenvalue weighted by atomic mass is 16.2. The maximum Gasteiger partial charge on any atom is 0.328 e. The first-order valence-electron chi connectivity index (χ1n) is 18.5. The van der Waals surface area contributed by atoms with Gasteiger partial charge in [-0.1, -0.05) is 0 Å². The van der Waals surface area contributed by atoms with Crippen molar-refractivity contribution < 1.29 is 28.8 Å². The largest absolute Gasteiger partial charge is 0.358 e. The Balaban J connectivity index is 1.71. The molecule has 3 heterocycles. The van der Waals surface area contributed by atoms with Crippen LogP contribution in [0.2, 0.25) is 0 Å². The van der Waals surface area contributed by atoms with Gasteiger partial charge in [-0.2, -0.15) is 0 Å². The van der Waals surface area contributed by atoms with Gasteiger partial charge in [0, 0.05) is 81.6 Å². The quantitative estimate of drug-likeness (QED) is 0.0525. The predicted molar refractivity (Wildman–Crippen MR) is 212 cm³/mol. The number of rotatable bonds is 21. The van der Waals surface area contributed by atoms with Crippen molar-refractivity contribution in [2.75, 3.05) is 73.0 Å². The molecule has 25 nitrogen and oxygen atoms in total. The number of likely N-dealkylation sites (N-methyl/N-ethyl adjacent to an activating group) is 2.